The third-order valence-corrected chi connectivity index (χ3v) is 4.43. The van der Waals surface area contributed by atoms with Crippen LogP contribution in [0.5, 0.6) is 5.75 Å². The Morgan fingerprint density at radius 2 is 1.79 bits per heavy atom. The van der Waals surface area contributed by atoms with Gasteiger partial charge in [0.15, 0.2) is 0 Å². The van der Waals surface area contributed by atoms with Crippen molar-refractivity contribution in [1.82, 2.24) is 4.31 Å². The average molecular weight is 297 g/mol. The van der Waals surface area contributed by atoms with Crippen molar-refractivity contribution in [3.8, 4) is 5.75 Å². The Kier molecular flexibility index (Phi) is 4.46. The third-order valence-electron chi connectivity index (χ3n) is 2.36. The van der Waals surface area contributed by atoms with Crippen LogP contribution in [0.3, 0.4) is 0 Å². The lowest BCUT2D eigenvalue weighted by Gasteiger charge is -2.27. The lowest BCUT2D eigenvalue weighted by atomic mass is 10.3. The molecule has 0 spiro atoms. The zero-order valence-electron chi connectivity index (χ0n) is 10.3. The van der Waals surface area contributed by atoms with Gasteiger partial charge in [-0.15, -0.1) is 0 Å². The molecular weight excluding hydrogens is 283 g/mol. The second kappa shape index (κ2) is 5.38. The summed E-state index contributed by atoms with van der Waals surface area (Å²) in [5, 5.41) is 9.49. The van der Waals surface area contributed by atoms with E-state index in [1.54, 1.807) is 0 Å². The number of aromatic hydroxyl groups is 1. The summed E-state index contributed by atoms with van der Waals surface area (Å²) in [6.07, 6.45) is -4.65. The predicted octanol–water partition coefficient (Wildman–Crippen LogP) is 2.35. The Bertz CT molecular complexity index is 540. The summed E-state index contributed by atoms with van der Waals surface area (Å²) in [7, 11) is -4.40. The van der Waals surface area contributed by atoms with E-state index in [4.69, 9.17) is 0 Å². The minimum absolute atomic E-state index is 0.308. The van der Waals surface area contributed by atoms with Gasteiger partial charge in [0.25, 0.3) is 0 Å². The maximum Gasteiger partial charge on any atom is 0.402 e. The third kappa shape index (κ3) is 3.84. The molecule has 0 atom stereocenters. The number of benzene rings is 1. The highest BCUT2D eigenvalue weighted by atomic mass is 32.2. The maximum atomic E-state index is 12.4. The summed E-state index contributed by atoms with van der Waals surface area (Å²) in [5.74, 6) is -0.574. The minimum Gasteiger partial charge on any atom is -0.507 e. The quantitative estimate of drug-likeness (QED) is 0.928. The molecule has 0 bridgehead atoms. The Labute approximate surface area is 109 Å². The molecule has 4 nitrogen and oxygen atoms in total. The Morgan fingerprint density at radius 1 is 1.26 bits per heavy atom. The highest BCUT2D eigenvalue weighted by Crippen LogP contribution is 2.29. The van der Waals surface area contributed by atoms with Crippen molar-refractivity contribution in [3.63, 3.8) is 0 Å². The van der Waals surface area contributed by atoms with Crippen LogP contribution in [0.15, 0.2) is 29.2 Å². The number of phenolic OH excluding ortho intramolecular Hbond substituents is 1. The second-order valence-corrected chi connectivity index (χ2v) is 6.09. The van der Waals surface area contributed by atoms with Gasteiger partial charge in [-0.25, -0.2) is 8.42 Å². The first kappa shape index (κ1) is 15.8. The van der Waals surface area contributed by atoms with Gasteiger partial charge >= 0.3 is 6.18 Å². The van der Waals surface area contributed by atoms with E-state index in [2.05, 4.69) is 0 Å². The zero-order valence-corrected chi connectivity index (χ0v) is 11.2. The Morgan fingerprint density at radius 3 is 2.21 bits per heavy atom. The number of hydrogen-bond donors (Lipinski definition) is 1. The van der Waals surface area contributed by atoms with Gasteiger partial charge in [0.2, 0.25) is 10.0 Å². The molecule has 0 aromatic heterocycles. The predicted molar refractivity (Wildman–Crippen MR) is 63.2 cm³/mol. The SMILES string of the molecule is CC(C)N(CC(F)(F)F)S(=O)(=O)c1ccccc1O. The van der Waals surface area contributed by atoms with E-state index < -0.39 is 39.4 Å². The molecule has 0 heterocycles. The summed E-state index contributed by atoms with van der Waals surface area (Å²) in [4.78, 5) is -0.534. The van der Waals surface area contributed by atoms with E-state index in [9.17, 15) is 26.7 Å². The number of rotatable bonds is 4. The standard InChI is InChI=1S/C11H14F3NO3S/c1-8(2)15(7-11(12,13)14)19(17,18)10-6-4-3-5-9(10)16/h3-6,8,16H,7H2,1-2H3. The first-order chi connectivity index (χ1) is 8.55. The van der Waals surface area contributed by atoms with Crippen LogP contribution in [0.2, 0.25) is 0 Å². The van der Waals surface area contributed by atoms with Gasteiger partial charge in [-0.05, 0) is 26.0 Å². The zero-order chi connectivity index (χ0) is 14.8. The van der Waals surface area contributed by atoms with Crippen molar-refractivity contribution in [2.75, 3.05) is 6.54 Å². The van der Waals surface area contributed by atoms with Crippen LogP contribution < -0.4 is 0 Å². The van der Waals surface area contributed by atoms with Gasteiger partial charge in [0.1, 0.15) is 17.2 Å². The fraction of sp³-hybridized carbons (Fsp3) is 0.455. The van der Waals surface area contributed by atoms with Crippen LogP contribution in [0.25, 0.3) is 0 Å². The highest BCUT2D eigenvalue weighted by molar-refractivity contribution is 7.89. The van der Waals surface area contributed by atoms with Crippen molar-refractivity contribution in [1.29, 1.82) is 0 Å². The summed E-state index contributed by atoms with van der Waals surface area (Å²) < 4.78 is 61.9. The molecule has 1 aromatic carbocycles. The van der Waals surface area contributed by atoms with E-state index in [0.29, 0.717) is 4.31 Å². The first-order valence-electron chi connectivity index (χ1n) is 5.42. The molecule has 108 valence electrons. The fourth-order valence-electron chi connectivity index (χ4n) is 1.52. The van der Waals surface area contributed by atoms with Crippen molar-refractivity contribution >= 4 is 10.0 Å². The number of phenols is 1. The van der Waals surface area contributed by atoms with Gasteiger partial charge in [0, 0.05) is 6.04 Å². The van der Waals surface area contributed by atoms with Crippen molar-refractivity contribution in [3.05, 3.63) is 24.3 Å². The van der Waals surface area contributed by atoms with E-state index in [0.717, 1.165) is 12.1 Å². The molecule has 1 rings (SSSR count). The summed E-state index contributed by atoms with van der Waals surface area (Å²) >= 11 is 0. The summed E-state index contributed by atoms with van der Waals surface area (Å²) in [6, 6.07) is 4.01. The lowest BCUT2D eigenvalue weighted by molar-refractivity contribution is -0.138. The van der Waals surface area contributed by atoms with Gasteiger partial charge in [-0.1, -0.05) is 12.1 Å². The molecule has 19 heavy (non-hydrogen) atoms. The van der Waals surface area contributed by atoms with Crippen molar-refractivity contribution in [2.45, 2.75) is 31.0 Å². The lowest BCUT2D eigenvalue weighted by Crippen LogP contribution is -2.43. The molecule has 0 saturated carbocycles. The molecule has 8 heteroatoms. The number of hydrogen-bond acceptors (Lipinski definition) is 3. The van der Waals surface area contributed by atoms with Gasteiger partial charge < -0.3 is 5.11 Å². The van der Waals surface area contributed by atoms with Gasteiger partial charge in [-0.2, -0.15) is 17.5 Å². The first-order valence-corrected chi connectivity index (χ1v) is 6.86. The molecule has 1 N–H and O–H groups in total. The van der Waals surface area contributed by atoms with Crippen LogP contribution in [-0.2, 0) is 10.0 Å². The Hall–Kier alpha value is -1.28. The molecule has 1 aromatic rings. The molecule has 0 aliphatic carbocycles. The Balaban J connectivity index is 3.26. The molecule has 0 fully saturated rings. The molecule has 0 saturated heterocycles. The van der Waals surface area contributed by atoms with E-state index in [1.807, 2.05) is 0 Å². The number of para-hydroxylation sites is 1. The minimum atomic E-state index is -4.65. The number of alkyl halides is 3. The summed E-state index contributed by atoms with van der Waals surface area (Å²) in [6.45, 7) is 1.08. The van der Waals surface area contributed by atoms with E-state index >= 15 is 0 Å². The van der Waals surface area contributed by atoms with Gasteiger partial charge in [-0.3, -0.25) is 0 Å². The molecule has 0 amide bonds. The van der Waals surface area contributed by atoms with Gasteiger partial charge in [0.05, 0.1) is 0 Å². The fourth-order valence-corrected chi connectivity index (χ4v) is 3.23. The van der Waals surface area contributed by atoms with E-state index in [1.165, 1.54) is 26.0 Å². The number of nitrogens with zero attached hydrogens (tertiary/aromatic N) is 1. The molecule has 0 unspecified atom stereocenters. The monoisotopic (exact) mass is 297 g/mol. The van der Waals surface area contributed by atoms with Crippen LogP contribution in [0.4, 0.5) is 13.2 Å². The summed E-state index contributed by atoms with van der Waals surface area (Å²) in [5.41, 5.74) is 0. The molecule has 0 aliphatic heterocycles. The van der Waals surface area contributed by atoms with Crippen LogP contribution in [0.1, 0.15) is 13.8 Å². The molecule has 0 radical (unpaired) electrons. The largest absolute Gasteiger partial charge is 0.507 e. The highest BCUT2D eigenvalue weighted by Gasteiger charge is 2.39. The smallest absolute Gasteiger partial charge is 0.402 e. The van der Waals surface area contributed by atoms with E-state index in [-0.39, 0.29) is 0 Å². The normalized spacial score (nSPS) is 13.2. The molecular formula is C11H14F3NO3S. The van der Waals surface area contributed by atoms with Crippen LogP contribution in [0, 0.1) is 0 Å². The number of sulfonamides is 1. The molecule has 0 aliphatic rings. The van der Waals surface area contributed by atoms with Crippen molar-refractivity contribution in [2.24, 2.45) is 0 Å². The van der Waals surface area contributed by atoms with Crippen LogP contribution >= 0.6 is 0 Å². The average Bonchev–Trinajstić information content (AvgIpc) is 2.24. The second-order valence-electron chi connectivity index (χ2n) is 4.23. The topological polar surface area (TPSA) is 57.6 Å². The van der Waals surface area contributed by atoms with Crippen LogP contribution in [-0.4, -0.2) is 36.6 Å². The maximum absolute atomic E-state index is 12.4. The number of halogens is 3. The van der Waals surface area contributed by atoms with Crippen molar-refractivity contribution < 1.29 is 26.7 Å².